The van der Waals surface area contributed by atoms with Crippen LogP contribution < -0.4 is 15.0 Å². The Morgan fingerprint density at radius 1 is 1.12 bits per heavy atom. The lowest BCUT2D eigenvalue weighted by molar-refractivity contribution is 0.340. The molecule has 0 atom stereocenters. The summed E-state index contributed by atoms with van der Waals surface area (Å²) in [5.41, 5.74) is 2.37. The molecule has 1 aromatic heterocycles. The summed E-state index contributed by atoms with van der Waals surface area (Å²) >= 11 is 0. The molecule has 6 nitrogen and oxygen atoms in total. The van der Waals surface area contributed by atoms with E-state index < -0.39 is 0 Å². The van der Waals surface area contributed by atoms with Crippen molar-refractivity contribution in [3.05, 3.63) is 53.7 Å². The van der Waals surface area contributed by atoms with Gasteiger partial charge in [0.25, 0.3) is 0 Å². The highest BCUT2D eigenvalue weighted by Crippen LogP contribution is 2.13. The lowest BCUT2D eigenvalue weighted by atomic mass is 10.2. The van der Waals surface area contributed by atoms with E-state index in [1.807, 2.05) is 57.4 Å². The molecule has 26 heavy (non-hydrogen) atoms. The number of anilines is 1. The van der Waals surface area contributed by atoms with Crippen molar-refractivity contribution >= 4 is 11.8 Å². The van der Waals surface area contributed by atoms with Crippen LogP contribution in [0.4, 0.5) is 5.82 Å². The van der Waals surface area contributed by atoms with Crippen LogP contribution in [0.1, 0.15) is 18.1 Å². The first-order chi connectivity index (χ1) is 12.5. The molecule has 0 aliphatic heterocycles. The second-order valence-electron chi connectivity index (χ2n) is 6.25. The van der Waals surface area contributed by atoms with Gasteiger partial charge in [0.15, 0.2) is 5.96 Å². The second kappa shape index (κ2) is 9.65. The van der Waals surface area contributed by atoms with Gasteiger partial charge in [-0.3, -0.25) is 4.99 Å². The normalized spacial score (nSPS) is 11.2. The maximum atomic E-state index is 5.49. The van der Waals surface area contributed by atoms with Crippen LogP contribution in [0, 0.1) is 0 Å². The number of benzene rings is 1. The molecule has 0 amide bonds. The molecule has 1 N–H and O–H groups in total. The lowest BCUT2D eigenvalue weighted by Crippen LogP contribution is -2.38. The Balaban J connectivity index is 1.94. The number of hydrogen-bond acceptors (Lipinski definition) is 4. The van der Waals surface area contributed by atoms with Crippen LogP contribution in [0.2, 0.25) is 0 Å². The number of aromatic nitrogens is 1. The predicted octanol–water partition coefficient (Wildman–Crippen LogP) is 2.75. The molecule has 2 aromatic rings. The molecule has 0 saturated heterocycles. The summed E-state index contributed by atoms with van der Waals surface area (Å²) in [5.74, 6) is 2.69. The van der Waals surface area contributed by atoms with Crippen molar-refractivity contribution in [3.8, 4) is 5.75 Å². The van der Waals surface area contributed by atoms with Gasteiger partial charge >= 0.3 is 0 Å². The van der Waals surface area contributed by atoms with Crippen molar-refractivity contribution in [2.75, 3.05) is 39.7 Å². The molecule has 0 aliphatic carbocycles. The van der Waals surface area contributed by atoms with E-state index in [1.54, 1.807) is 7.05 Å². The Morgan fingerprint density at radius 3 is 2.46 bits per heavy atom. The molecule has 1 aromatic carbocycles. The van der Waals surface area contributed by atoms with Gasteiger partial charge in [-0.05, 0) is 42.3 Å². The van der Waals surface area contributed by atoms with Crippen LogP contribution >= 0.6 is 0 Å². The van der Waals surface area contributed by atoms with Gasteiger partial charge in [-0.1, -0.05) is 12.1 Å². The first kappa shape index (κ1) is 19.6. The van der Waals surface area contributed by atoms with Crippen molar-refractivity contribution in [3.63, 3.8) is 0 Å². The number of hydrogen-bond donors (Lipinski definition) is 1. The molecule has 0 saturated carbocycles. The van der Waals surface area contributed by atoms with Crippen LogP contribution in [0.5, 0.6) is 5.75 Å². The van der Waals surface area contributed by atoms with Crippen LogP contribution in [0.25, 0.3) is 0 Å². The molecular weight excluding hydrogens is 326 g/mol. The zero-order valence-electron chi connectivity index (χ0n) is 16.4. The lowest BCUT2D eigenvalue weighted by Gasteiger charge is -2.22. The maximum Gasteiger partial charge on any atom is 0.193 e. The van der Waals surface area contributed by atoms with E-state index in [1.165, 1.54) is 11.1 Å². The van der Waals surface area contributed by atoms with Crippen LogP contribution in [-0.2, 0) is 13.1 Å². The Morgan fingerprint density at radius 2 is 1.85 bits per heavy atom. The summed E-state index contributed by atoms with van der Waals surface area (Å²) in [6, 6.07) is 12.3. The molecule has 0 bridgehead atoms. The standard InChI is InChI=1S/C20H29N5O/c1-6-26-18-9-7-16(8-10-18)15-25(5)20(21-2)23-14-17-11-12-22-19(13-17)24(3)4/h7-13H,6,14-15H2,1-5H3,(H,21,23). The second-order valence-corrected chi connectivity index (χ2v) is 6.25. The highest BCUT2D eigenvalue weighted by molar-refractivity contribution is 5.79. The number of rotatable bonds is 7. The van der Waals surface area contributed by atoms with E-state index in [4.69, 9.17) is 4.74 Å². The summed E-state index contributed by atoms with van der Waals surface area (Å²) in [7, 11) is 7.81. The van der Waals surface area contributed by atoms with Gasteiger partial charge in [0.2, 0.25) is 0 Å². The number of guanidine groups is 1. The Bertz CT molecular complexity index is 712. The van der Waals surface area contributed by atoms with Crippen molar-refractivity contribution in [1.82, 2.24) is 15.2 Å². The van der Waals surface area contributed by atoms with Gasteiger partial charge in [-0.15, -0.1) is 0 Å². The van der Waals surface area contributed by atoms with E-state index in [9.17, 15) is 0 Å². The number of pyridine rings is 1. The van der Waals surface area contributed by atoms with E-state index in [0.29, 0.717) is 13.2 Å². The van der Waals surface area contributed by atoms with E-state index in [-0.39, 0.29) is 0 Å². The average Bonchev–Trinajstić information content (AvgIpc) is 2.64. The Labute approximate surface area is 156 Å². The van der Waals surface area contributed by atoms with Gasteiger partial charge in [0, 0.05) is 47.5 Å². The minimum atomic E-state index is 0.681. The smallest absolute Gasteiger partial charge is 0.193 e. The molecule has 0 spiro atoms. The third kappa shape index (κ3) is 5.65. The fourth-order valence-corrected chi connectivity index (χ4v) is 2.59. The summed E-state index contributed by atoms with van der Waals surface area (Å²) in [4.78, 5) is 12.8. The molecule has 2 rings (SSSR count). The summed E-state index contributed by atoms with van der Waals surface area (Å²) in [6.07, 6.45) is 1.83. The third-order valence-corrected chi connectivity index (χ3v) is 3.95. The maximum absolute atomic E-state index is 5.49. The molecule has 0 aliphatic rings. The van der Waals surface area contributed by atoms with Crippen molar-refractivity contribution in [2.24, 2.45) is 4.99 Å². The number of nitrogens with one attached hydrogen (secondary N) is 1. The molecular formula is C20H29N5O. The minimum Gasteiger partial charge on any atom is -0.494 e. The molecule has 6 heteroatoms. The van der Waals surface area contributed by atoms with Gasteiger partial charge < -0.3 is 19.9 Å². The molecule has 140 valence electrons. The first-order valence-electron chi connectivity index (χ1n) is 8.79. The highest BCUT2D eigenvalue weighted by Gasteiger charge is 2.07. The summed E-state index contributed by atoms with van der Waals surface area (Å²) < 4.78 is 5.49. The molecule has 1 heterocycles. The largest absolute Gasteiger partial charge is 0.494 e. The van der Waals surface area contributed by atoms with Gasteiger partial charge in [-0.2, -0.15) is 0 Å². The topological polar surface area (TPSA) is 53.0 Å². The third-order valence-electron chi connectivity index (χ3n) is 3.95. The van der Waals surface area contributed by atoms with Crippen molar-refractivity contribution < 1.29 is 4.74 Å². The SMILES string of the molecule is CCOc1ccc(CN(C)C(=NC)NCc2ccnc(N(C)C)c2)cc1. The number of nitrogens with zero attached hydrogens (tertiary/aromatic N) is 4. The van der Waals surface area contributed by atoms with Crippen LogP contribution in [0.3, 0.4) is 0 Å². The van der Waals surface area contributed by atoms with Crippen molar-refractivity contribution in [1.29, 1.82) is 0 Å². The van der Waals surface area contributed by atoms with Gasteiger partial charge in [-0.25, -0.2) is 4.98 Å². The zero-order chi connectivity index (χ0) is 18.9. The van der Waals surface area contributed by atoms with Gasteiger partial charge in [0.05, 0.1) is 6.61 Å². The minimum absolute atomic E-state index is 0.681. The number of aliphatic imine (C=N–C) groups is 1. The Hall–Kier alpha value is -2.76. The predicted molar refractivity (Wildman–Crippen MR) is 108 cm³/mol. The fourth-order valence-electron chi connectivity index (χ4n) is 2.59. The molecule has 0 unspecified atom stereocenters. The summed E-state index contributed by atoms with van der Waals surface area (Å²) in [6.45, 7) is 4.14. The quantitative estimate of drug-likeness (QED) is 0.611. The zero-order valence-corrected chi connectivity index (χ0v) is 16.4. The Kier molecular flexibility index (Phi) is 7.26. The monoisotopic (exact) mass is 355 g/mol. The van der Waals surface area contributed by atoms with E-state index in [2.05, 4.69) is 38.4 Å². The van der Waals surface area contributed by atoms with Gasteiger partial charge in [0.1, 0.15) is 11.6 Å². The average molecular weight is 355 g/mol. The van der Waals surface area contributed by atoms with Crippen molar-refractivity contribution in [2.45, 2.75) is 20.0 Å². The van der Waals surface area contributed by atoms with E-state index in [0.717, 1.165) is 24.1 Å². The fraction of sp³-hybridized carbons (Fsp3) is 0.400. The summed E-state index contributed by atoms with van der Waals surface area (Å²) in [5, 5.41) is 3.41. The van der Waals surface area contributed by atoms with Crippen LogP contribution in [-0.4, -0.2) is 50.6 Å². The molecule has 0 radical (unpaired) electrons. The first-order valence-corrected chi connectivity index (χ1v) is 8.79. The van der Waals surface area contributed by atoms with E-state index >= 15 is 0 Å². The number of ether oxygens (including phenoxy) is 1. The highest BCUT2D eigenvalue weighted by atomic mass is 16.5. The molecule has 0 fully saturated rings. The van der Waals surface area contributed by atoms with Crippen LogP contribution in [0.15, 0.2) is 47.6 Å².